The van der Waals surface area contributed by atoms with Gasteiger partial charge in [-0.3, -0.25) is 0 Å². The van der Waals surface area contributed by atoms with Gasteiger partial charge in [0.15, 0.2) is 0 Å². The molecule has 6 heteroatoms. The molecule has 1 radical (unpaired) electrons. The molecule has 2 rings (SSSR count). The molecule has 1 fully saturated rings. The van der Waals surface area contributed by atoms with Crippen LogP contribution in [0.2, 0.25) is 18.6 Å². The van der Waals surface area contributed by atoms with Gasteiger partial charge in [0.05, 0.1) is 5.91 Å². The number of hydrogen-bond donors (Lipinski definition) is 0. The van der Waals surface area contributed by atoms with Gasteiger partial charge in [0.1, 0.15) is 0 Å². The Morgan fingerprint density at radius 1 is 0.865 bits per heavy atom. The third kappa shape index (κ3) is 9.80. The summed E-state index contributed by atoms with van der Waals surface area (Å²) in [5, 5.41) is 0. The van der Waals surface area contributed by atoms with Gasteiger partial charge in [-0.15, -0.1) is 0 Å². The minimum atomic E-state index is -1.06. The Bertz CT molecular complexity index is 724. The van der Waals surface area contributed by atoms with E-state index in [1.807, 2.05) is 0 Å². The minimum Gasteiger partial charge on any atom is -1.00 e. The van der Waals surface area contributed by atoms with Crippen LogP contribution in [0.4, 0.5) is 0 Å². The summed E-state index contributed by atoms with van der Waals surface area (Å²) in [6.45, 7) is 14.2. The Kier molecular flexibility index (Phi) is 21.8. The Morgan fingerprint density at radius 2 is 1.41 bits per heavy atom. The second-order valence-electron chi connectivity index (χ2n) is 11.7. The van der Waals surface area contributed by atoms with Crippen LogP contribution in [0.25, 0.3) is 5.73 Å². The molecule has 0 bridgehead atoms. The third-order valence-electron chi connectivity index (χ3n) is 9.13. The summed E-state index contributed by atoms with van der Waals surface area (Å²) in [6, 6.07) is 0. The molecule has 1 saturated carbocycles. The van der Waals surface area contributed by atoms with Gasteiger partial charge < -0.3 is 35.3 Å². The SMILES string of the molecule is CCCCCCCCC1=C(CCCCCC)C(CC)=C(C2(C([NH-])=O)CCCCC2[SiH](C)C)C1C.[Cl-].[Cl-].[Ti+3]. The molecule has 0 heterocycles. The van der Waals surface area contributed by atoms with E-state index in [0.717, 1.165) is 19.3 Å². The molecular weight excluding hydrogens is 549 g/mol. The molecule has 2 aliphatic carbocycles. The summed E-state index contributed by atoms with van der Waals surface area (Å²) in [5.74, 6) is 0.117. The van der Waals surface area contributed by atoms with Crippen molar-refractivity contribution in [3.05, 3.63) is 28.0 Å². The number of carbonyl (C=O) groups is 1. The van der Waals surface area contributed by atoms with E-state index < -0.39 is 14.2 Å². The van der Waals surface area contributed by atoms with Crippen molar-refractivity contribution < 1.29 is 51.3 Å². The smallest absolute Gasteiger partial charge is 1.00 e. The molecule has 0 aromatic heterocycles. The topological polar surface area (TPSA) is 40.9 Å². The zero-order valence-corrected chi connectivity index (χ0v) is 29.1. The van der Waals surface area contributed by atoms with Crippen LogP contribution in [0.3, 0.4) is 0 Å². The zero-order valence-electron chi connectivity index (χ0n) is 24.9. The summed E-state index contributed by atoms with van der Waals surface area (Å²) < 4.78 is 0. The second kappa shape index (κ2) is 20.4. The normalized spacial score (nSPS) is 23.5. The predicted molar refractivity (Wildman–Crippen MR) is 153 cm³/mol. The first-order chi connectivity index (χ1) is 16.4. The summed E-state index contributed by atoms with van der Waals surface area (Å²) in [7, 11) is -1.06. The van der Waals surface area contributed by atoms with Crippen LogP contribution in [-0.2, 0) is 26.5 Å². The average molecular weight is 606 g/mol. The number of nitrogens with one attached hydrogen (secondary N) is 1. The maximum Gasteiger partial charge on any atom is 3.00 e. The fraction of sp³-hybridized carbons (Fsp3) is 0.839. The maximum atomic E-state index is 13.3. The van der Waals surface area contributed by atoms with E-state index in [1.165, 1.54) is 101 Å². The molecule has 1 amide bonds. The number of amides is 1. The van der Waals surface area contributed by atoms with Gasteiger partial charge in [0.2, 0.25) is 0 Å². The van der Waals surface area contributed by atoms with Crippen molar-refractivity contribution in [2.75, 3.05) is 0 Å². The number of unbranched alkanes of at least 4 members (excludes halogenated alkanes) is 8. The largest absolute Gasteiger partial charge is 3.00 e. The molecule has 213 valence electrons. The van der Waals surface area contributed by atoms with E-state index in [9.17, 15) is 4.79 Å². The van der Waals surface area contributed by atoms with Gasteiger partial charge in [0.25, 0.3) is 0 Å². The van der Waals surface area contributed by atoms with Crippen LogP contribution in [-0.4, -0.2) is 14.7 Å². The van der Waals surface area contributed by atoms with E-state index in [2.05, 4.69) is 40.8 Å². The van der Waals surface area contributed by atoms with E-state index in [1.54, 1.807) is 11.1 Å². The number of halogens is 2. The summed E-state index contributed by atoms with van der Waals surface area (Å²) in [5.41, 5.74) is 14.9. The van der Waals surface area contributed by atoms with Crippen molar-refractivity contribution in [2.24, 2.45) is 11.3 Å². The van der Waals surface area contributed by atoms with E-state index >= 15 is 0 Å². The Hall–Kier alpha value is 0.461. The monoisotopic (exact) mass is 604 g/mol. The van der Waals surface area contributed by atoms with Crippen LogP contribution < -0.4 is 24.8 Å². The Morgan fingerprint density at radius 3 is 1.95 bits per heavy atom. The van der Waals surface area contributed by atoms with Crippen molar-refractivity contribution in [2.45, 2.75) is 155 Å². The summed E-state index contributed by atoms with van der Waals surface area (Å²) in [6.07, 6.45) is 21.1. The predicted octanol–water partition coefficient (Wildman–Crippen LogP) is 4.36. The molecule has 0 aliphatic heterocycles. The summed E-state index contributed by atoms with van der Waals surface area (Å²) >= 11 is 0. The summed E-state index contributed by atoms with van der Waals surface area (Å²) in [4.78, 5) is 13.3. The van der Waals surface area contributed by atoms with Crippen LogP contribution in [0.5, 0.6) is 0 Å². The van der Waals surface area contributed by atoms with E-state index in [-0.39, 0.29) is 52.4 Å². The van der Waals surface area contributed by atoms with Gasteiger partial charge >= 0.3 is 21.7 Å². The van der Waals surface area contributed by atoms with Crippen LogP contribution >= 0.6 is 0 Å². The molecule has 0 spiro atoms. The number of carbonyl (C=O) groups excluding carboxylic acids is 1. The van der Waals surface area contributed by atoms with Gasteiger partial charge in [0, 0.05) is 14.2 Å². The van der Waals surface area contributed by atoms with E-state index in [4.69, 9.17) is 5.73 Å². The molecule has 1 N–H and O–H groups in total. The molecule has 0 saturated heterocycles. The Labute approximate surface area is 259 Å². The van der Waals surface area contributed by atoms with Gasteiger partial charge in [-0.05, 0) is 66.7 Å². The first kappa shape index (κ1) is 39.6. The molecule has 2 nitrogen and oxygen atoms in total. The van der Waals surface area contributed by atoms with Gasteiger partial charge in [-0.2, -0.15) is 0 Å². The number of allylic oxidation sites excluding steroid dienone is 3. The van der Waals surface area contributed by atoms with Crippen molar-refractivity contribution in [3.8, 4) is 0 Å². The van der Waals surface area contributed by atoms with Gasteiger partial charge in [-0.1, -0.05) is 117 Å². The number of hydrogen-bond acceptors (Lipinski definition) is 1. The standard InChI is InChI=1S/C31H57NOSi.2ClH.Ti/c1-7-10-12-14-15-17-20-26-24(4)29(25(9-3)27(26)21-16-13-11-8-2)31(30(32)33)23-19-18-22-28(31)34(5)6;;;/h24,28,34H,7-23H2,1-6H3,(H2,32,33);2*1H;/q;;;+3/p-3. The van der Waals surface area contributed by atoms with Crippen molar-refractivity contribution in [1.29, 1.82) is 0 Å². The fourth-order valence-corrected chi connectivity index (χ4v) is 9.99. The average Bonchev–Trinajstić information content (AvgIpc) is 3.09. The van der Waals surface area contributed by atoms with Crippen molar-refractivity contribution in [1.82, 2.24) is 0 Å². The van der Waals surface area contributed by atoms with E-state index in [0.29, 0.717) is 11.5 Å². The fourth-order valence-electron chi connectivity index (χ4n) is 7.46. The van der Waals surface area contributed by atoms with Crippen LogP contribution in [0.15, 0.2) is 22.3 Å². The molecule has 2 aliphatic rings. The minimum absolute atomic E-state index is 0. The van der Waals surface area contributed by atoms with Crippen molar-refractivity contribution in [3.63, 3.8) is 0 Å². The molecule has 0 aromatic carbocycles. The third-order valence-corrected chi connectivity index (χ3v) is 11.6. The van der Waals surface area contributed by atoms with Crippen LogP contribution in [0.1, 0.15) is 137 Å². The molecule has 37 heavy (non-hydrogen) atoms. The molecule has 0 aromatic rings. The molecular formula is C31H56Cl2NOSiTi. The maximum absolute atomic E-state index is 13.3. The number of rotatable bonds is 16. The Balaban J connectivity index is 0. The van der Waals surface area contributed by atoms with Crippen LogP contribution in [0, 0.1) is 11.3 Å². The zero-order chi connectivity index (χ0) is 25.1. The van der Waals surface area contributed by atoms with Crippen molar-refractivity contribution >= 4 is 14.7 Å². The molecule has 3 unspecified atom stereocenters. The quantitative estimate of drug-likeness (QED) is 0.191. The molecule has 3 atom stereocenters. The van der Waals surface area contributed by atoms with Gasteiger partial charge in [-0.25, -0.2) is 0 Å². The first-order valence-electron chi connectivity index (χ1n) is 15.1. The second-order valence-corrected chi connectivity index (χ2v) is 15.0. The first-order valence-corrected chi connectivity index (χ1v) is 18.1.